The summed E-state index contributed by atoms with van der Waals surface area (Å²) in [6.07, 6.45) is 2.29. The van der Waals surface area contributed by atoms with Crippen molar-refractivity contribution in [3.05, 3.63) is 45.7 Å². The van der Waals surface area contributed by atoms with Crippen molar-refractivity contribution in [3.63, 3.8) is 0 Å². The van der Waals surface area contributed by atoms with E-state index in [1.54, 1.807) is 11.3 Å². The molecular formula is C15H17N3OS. The molecule has 0 unspecified atom stereocenters. The van der Waals surface area contributed by atoms with Crippen molar-refractivity contribution in [2.24, 2.45) is 0 Å². The molecule has 0 spiro atoms. The van der Waals surface area contributed by atoms with Crippen molar-refractivity contribution in [1.29, 1.82) is 0 Å². The highest BCUT2D eigenvalue weighted by molar-refractivity contribution is 7.11. The minimum absolute atomic E-state index is 0.198. The molecule has 0 aliphatic carbocycles. The summed E-state index contributed by atoms with van der Waals surface area (Å²) in [5.41, 5.74) is 2.07. The Balaban J connectivity index is 1.57. The third-order valence-corrected chi connectivity index (χ3v) is 4.72. The van der Waals surface area contributed by atoms with Gasteiger partial charge in [-0.25, -0.2) is 4.98 Å². The predicted molar refractivity (Wildman–Crippen MR) is 78.9 cm³/mol. The third-order valence-electron chi connectivity index (χ3n) is 3.65. The standard InChI is InChI=1S/C15H17N3OS/c1-10-14(20-11(2)17-10)7-15(19)18-8-12(9-18)13-5-3-4-6-16-13/h3-6,12H,7-9H2,1-2H3. The van der Waals surface area contributed by atoms with Crippen molar-refractivity contribution in [2.75, 3.05) is 13.1 Å². The summed E-state index contributed by atoms with van der Waals surface area (Å²) in [6.45, 7) is 5.52. The van der Waals surface area contributed by atoms with E-state index in [1.165, 1.54) is 0 Å². The minimum atomic E-state index is 0.198. The van der Waals surface area contributed by atoms with Gasteiger partial charge in [0, 0.05) is 35.8 Å². The van der Waals surface area contributed by atoms with Crippen LogP contribution in [0.3, 0.4) is 0 Å². The van der Waals surface area contributed by atoms with Crippen LogP contribution in [0.4, 0.5) is 0 Å². The lowest BCUT2D eigenvalue weighted by atomic mass is 9.95. The summed E-state index contributed by atoms with van der Waals surface area (Å²) in [6, 6.07) is 5.94. The van der Waals surface area contributed by atoms with E-state index in [0.29, 0.717) is 12.3 Å². The van der Waals surface area contributed by atoms with Crippen LogP contribution in [-0.2, 0) is 11.2 Å². The normalized spacial score (nSPS) is 15.2. The average Bonchev–Trinajstić information content (AvgIpc) is 2.67. The summed E-state index contributed by atoms with van der Waals surface area (Å²) in [5.74, 6) is 0.591. The number of pyridine rings is 1. The van der Waals surface area contributed by atoms with Gasteiger partial charge in [-0.15, -0.1) is 11.3 Å². The van der Waals surface area contributed by atoms with Gasteiger partial charge in [0.25, 0.3) is 0 Å². The molecule has 2 aromatic rings. The Morgan fingerprint density at radius 2 is 2.20 bits per heavy atom. The van der Waals surface area contributed by atoms with E-state index >= 15 is 0 Å². The molecule has 0 bridgehead atoms. The van der Waals surface area contributed by atoms with Crippen LogP contribution in [0.15, 0.2) is 24.4 Å². The molecule has 0 saturated carbocycles. The smallest absolute Gasteiger partial charge is 0.227 e. The van der Waals surface area contributed by atoms with Crippen molar-refractivity contribution in [2.45, 2.75) is 26.2 Å². The lowest BCUT2D eigenvalue weighted by Gasteiger charge is -2.39. The zero-order chi connectivity index (χ0) is 14.1. The molecule has 0 radical (unpaired) electrons. The monoisotopic (exact) mass is 287 g/mol. The number of aryl methyl sites for hydroxylation is 2. The van der Waals surface area contributed by atoms with E-state index in [2.05, 4.69) is 9.97 Å². The molecule has 20 heavy (non-hydrogen) atoms. The van der Waals surface area contributed by atoms with Gasteiger partial charge < -0.3 is 4.90 Å². The molecule has 0 aromatic carbocycles. The number of aromatic nitrogens is 2. The first-order valence-electron chi connectivity index (χ1n) is 6.75. The molecule has 4 nitrogen and oxygen atoms in total. The van der Waals surface area contributed by atoms with Gasteiger partial charge in [0.1, 0.15) is 0 Å². The first-order chi connectivity index (χ1) is 9.63. The van der Waals surface area contributed by atoms with Gasteiger partial charge >= 0.3 is 0 Å². The van der Waals surface area contributed by atoms with Gasteiger partial charge in [-0.05, 0) is 26.0 Å². The number of rotatable bonds is 3. The first-order valence-corrected chi connectivity index (χ1v) is 7.56. The highest BCUT2D eigenvalue weighted by Crippen LogP contribution is 2.27. The van der Waals surface area contributed by atoms with Crippen LogP contribution < -0.4 is 0 Å². The molecule has 1 amide bonds. The Morgan fingerprint density at radius 3 is 2.80 bits per heavy atom. The maximum absolute atomic E-state index is 12.2. The number of hydrogen-bond donors (Lipinski definition) is 0. The number of carbonyl (C=O) groups excluding carboxylic acids is 1. The van der Waals surface area contributed by atoms with Crippen LogP contribution in [0.25, 0.3) is 0 Å². The van der Waals surface area contributed by atoms with Crippen LogP contribution in [0, 0.1) is 13.8 Å². The molecule has 1 aliphatic heterocycles. The Hall–Kier alpha value is -1.75. The lowest BCUT2D eigenvalue weighted by Crippen LogP contribution is -2.49. The molecular weight excluding hydrogens is 270 g/mol. The number of carbonyl (C=O) groups is 1. The van der Waals surface area contributed by atoms with Crippen LogP contribution in [0.5, 0.6) is 0 Å². The number of likely N-dealkylation sites (tertiary alicyclic amines) is 1. The lowest BCUT2D eigenvalue weighted by molar-refractivity contribution is -0.134. The second-order valence-corrected chi connectivity index (χ2v) is 6.46. The maximum Gasteiger partial charge on any atom is 0.227 e. The number of nitrogens with zero attached hydrogens (tertiary/aromatic N) is 3. The van der Waals surface area contributed by atoms with Gasteiger partial charge in [0.05, 0.1) is 17.1 Å². The Labute approximate surface area is 122 Å². The van der Waals surface area contributed by atoms with E-state index in [4.69, 9.17) is 0 Å². The first kappa shape index (κ1) is 13.2. The van der Waals surface area contributed by atoms with E-state index in [-0.39, 0.29) is 5.91 Å². The predicted octanol–water partition coefficient (Wildman–Crippen LogP) is 2.32. The zero-order valence-electron chi connectivity index (χ0n) is 11.7. The number of thiazole rings is 1. The van der Waals surface area contributed by atoms with Crippen LogP contribution in [0.1, 0.15) is 27.2 Å². The van der Waals surface area contributed by atoms with Crippen molar-refractivity contribution in [1.82, 2.24) is 14.9 Å². The average molecular weight is 287 g/mol. The highest BCUT2D eigenvalue weighted by Gasteiger charge is 2.32. The minimum Gasteiger partial charge on any atom is -0.341 e. The third kappa shape index (κ3) is 2.58. The van der Waals surface area contributed by atoms with Crippen molar-refractivity contribution in [3.8, 4) is 0 Å². The van der Waals surface area contributed by atoms with Gasteiger partial charge in [-0.2, -0.15) is 0 Å². The fourth-order valence-electron chi connectivity index (χ4n) is 2.47. The van der Waals surface area contributed by atoms with Crippen LogP contribution >= 0.6 is 11.3 Å². The van der Waals surface area contributed by atoms with Crippen molar-refractivity contribution >= 4 is 17.2 Å². The quantitative estimate of drug-likeness (QED) is 0.870. The van der Waals surface area contributed by atoms with Crippen molar-refractivity contribution < 1.29 is 4.79 Å². The second-order valence-electron chi connectivity index (χ2n) is 5.17. The summed E-state index contributed by atoms with van der Waals surface area (Å²) in [4.78, 5) is 23.9. The van der Waals surface area contributed by atoms with Crippen LogP contribution in [0.2, 0.25) is 0 Å². The van der Waals surface area contributed by atoms with Gasteiger partial charge in [-0.3, -0.25) is 9.78 Å². The summed E-state index contributed by atoms with van der Waals surface area (Å²) < 4.78 is 0. The molecule has 0 N–H and O–H groups in total. The topological polar surface area (TPSA) is 46.1 Å². The van der Waals surface area contributed by atoms with E-state index in [1.807, 2.05) is 43.1 Å². The Morgan fingerprint density at radius 1 is 1.40 bits per heavy atom. The summed E-state index contributed by atoms with van der Waals surface area (Å²) >= 11 is 1.62. The highest BCUT2D eigenvalue weighted by atomic mass is 32.1. The molecule has 3 heterocycles. The molecule has 2 aromatic heterocycles. The zero-order valence-corrected chi connectivity index (χ0v) is 12.5. The number of amides is 1. The molecule has 3 rings (SSSR count). The SMILES string of the molecule is Cc1nc(C)c(CC(=O)N2CC(c3ccccn3)C2)s1. The number of hydrogen-bond acceptors (Lipinski definition) is 4. The van der Waals surface area contributed by atoms with Crippen LogP contribution in [-0.4, -0.2) is 33.9 Å². The van der Waals surface area contributed by atoms with E-state index in [0.717, 1.165) is 34.4 Å². The molecule has 5 heteroatoms. The maximum atomic E-state index is 12.2. The van der Waals surface area contributed by atoms with E-state index < -0.39 is 0 Å². The second kappa shape index (κ2) is 5.32. The molecule has 1 saturated heterocycles. The molecule has 1 aliphatic rings. The largest absolute Gasteiger partial charge is 0.341 e. The molecule has 0 atom stereocenters. The fraction of sp³-hybridized carbons (Fsp3) is 0.400. The molecule has 104 valence electrons. The Bertz CT molecular complexity index is 617. The Kier molecular flexibility index (Phi) is 3.53. The van der Waals surface area contributed by atoms with Gasteiger partial charge in [0.15, 0.2) is 0 Å². The van der Waals surface area contributed by atoms with E-state index in [9.17, 15) is 4.79 Å². The van der Waals surface area contributed by atoms with Gasteiger partial charge in [-0.1, -0.05) is 6.07 Å². The fourth-order valence-corrected chi connectivity index (χ4v) is 3.40. The summed E-state index contributed by atoms with van der Waals surface area (Å²) in [7, 11) is 0. The summed E-state index contributed by atoms with van der Waals surface area (Å²) in [5, 5.41) is 1.03. The van der Waals surface area contributed by atoms with Gasteiger partial charge in [0.2, 0.25) is 5.91 Å². The molecule has 1 fully saturated rings.